The van der Waals surface area contributed by atoms with Gasteiger partial charge in [0.25, 0.3) is 0 Å². The lowest BCUT2D eigenvalue weighted by Gasteiger charge is -2.15. The van der Waals surface area contributed by atoms with Gasteiger partial charge in [-0.25, -0.2) is 4.79 Å². The van der Waals surface area contributed by atoms with Crippen molar-refractivity contribution in [3.63, 3.8) is 0 Å². The number of carbonyl (C=O) groups is 1. The van der Waals surface area contributed by atoms with Crippen LogP contribution in [0.3, 0.4) is 0 Å². The zero-order valence-electron chi connectivity index (χ0n) is 9.65. The van der Waals surface area contributed by atoms with Gasteiger partial charge in [0.1, 0.15) is 17.1 Å². The molecule has 7 heteroatoms. The molecule has 0 saturated carbocycles. The monoisotopic (exact) mass is 319 g/mol. The number of hydrogen-bond acceptors (Lipinski definition) is 2. The van der Waals surface area contributed by atoms with E-state index in [4.69, 9.17) is 44.6 Å². The van der Waals surface area contributed by atoms with Crippen molar-refractivity contribution in [3.05, 3.63) is 45.2 Å². The highest BCUT2D eigenvalue weighted by atomic mass is 35.5. The van der Waals surface area contributed by atoms with E-state index in [2.05, 4.69) is 0 Å². The Labute approximate surface area is 124 Å². The molecule has 0 fully saturated rings. The maximum Gasteiger partial charge on any atom is 0.352 e. The van der Waals surface area contributed by atoms with Gasteiger partial charge in [-0.1, -0.05) is 34.8 Å². The lowest BCUT2D eigenvalue weighted by atomic mass is 10.2. The highest BCUT2D eigenvalue weighted by Crippen LogP contribution is 2.41. The van der Waals surface area contributed by atoms with Crippen LogP contribution in [0.4, 0.5) is 0 Å². The second kappa shape index (κ2) is 5.33. The van der Waals surface area contributed by atoms with Crippen LogP contribution in [0.15, 0.2) is 24.4 Å². The van der Waals surface area contributed by atoms with E-state index in [0.29, 0.717) is 11.4 Å². The first-order valence-electron chi connectivity index (χ1n) is 5.10. The third-order valence-electron chi connectivity index (χ3n) is 2.53. The number of halogens is 3. The van der Waals surface area contributed by atoms with Crippen LogP contribution >= 0.6 is 34.8 Å². The van der Waals surface area contributed by atoms with Crippen molar-refractivity contribution in [1.29, 1.82) is 0 Å². The molecule has 1 heterocycles. The molecule has 1 aromatic carbocycles. The summed E-state index contributed by atoms with van der Waals surface area (Å²) in [7, 11) is 1.43. The fourth-order valence-electron chi connectivity index (χ4n) is 1.69. The molecule has 2 aromatic rings. The maximum atomic E-state index is 11.2. The zero-order valence-corrected chi connectivity index (χ0v) is 11.9. The molecule has 0 unspecified atom stereocenters. The van der Waals surface area contributed by atoms with Gasteiger partial charge in [0.2, 0.25) is 0 Å². The summed E-state index contributed by atoms with van der Waals surface area (Å²) in [6.45, 7) is 0. The molecule has 2 rings (SSSR count). The average molecular weight is 321 g/mol. The van der Waals surface area contributed by atoms with Crippen molar-refractivity contribution < 1.29 is 14.6 Å². The van der Waals surface area contributed by atoms with Gasteiger partial charge in [0.05, 0.1) is 22.2 Å². The fraction of sp³-hybridized carbons (Fsp3) is 0.0833. The summed E-state index contributed by atoms with van der Waals surface area (Å²) in [5.74, 6) is -0.757. The minimum Gasteiger partial charge on any atom is -0.494 e. The molecule has 1 aromatic heterocycles. The quantitative estimate of drug-likeness (QED) is 0.865. The lowest BCUT2D eigenvalue weighted by Crippen LogP contribution is -2.07. The molecule has 0 spiro atoms. The maximum absolute atomic E-state index is 11.2. The van der Waals surface area contributed by atoms with E-state index >= 15 is 0 Å². The number of carboxylic acids is 1. The van der Waals surface area contributed by atoms with Crippen molar-refractivity contribution in [2.75, 3.05) is 7.11 Å². The topological polar surface area (TPSA) is 51.5 Å². The number of carboxylic acid groups (broad SMARTS) is 1. The van der Waals surface area contributed by atoms with E-state index in [9.17, 15) is 4.79 Å². The first kappa shape index (κ1) is 14.1. The Kier molecular flexibility index (Phi) is 3.94. The molecule has 0 amide bonds. The molecule has 0 aliphatic heterocycles. The molecule has 4 nitrogen and oxygen atoms in total. The molecule has 0 radical (unpaired) electrons. The summed E-state index contributed by atoms with van der Waals surface area (Å²) in [4.78, 5) is 11.2. The Bertz CT molecular complexity index is 652. The molecule has 1 N–H and O–H groups in total. The molecular formula is C12H8Cl3NO3. The number of hydrogen-bond donors (Lipinski definition) is 1. The van der Waals surface area contributed by atoms with Crippen LogP contribution in [-0.4, -0.2) is 22.8 Å². The number of rotatable bonds is 3. The summed E-state index contributed by atoms with van der Waals surface area (Å²) in [6.07, 6.45) is 1.55. The van der Waals surface area contributed by atoms with Gasteiger partial charge >= 0.3 is 5.97 Å². The molecule has 0 aliphatic carbocycles. The molecule has 0 saturated heterocycles. The van der Waals surface area contributed by atoms with E-state index in [1.54, 1.807) is 12.3 Å². The Balaban J connectivity index is 2.78. The van der Waals surface area contributed by atoms with E-state index in [-0.39, 0.29) is 20.8 Å². The van der Waals surface area contributed by atoms with Crippen molar-refractivity contribution in [2.45, 2.75) is 0 Å². The van der Waals surface area contributed by atoms with Crippen LogP contribution < -0.4 is 4.74 Å². The number of ether oxygens (including phenoxy) is 1. The largest absolute Gasteiger partial charge is 0.494 e. The van der Waals surface area contributed by atoms with Crippen molar-refractivity contribution in [2.24, 2.45) is 0 Å². The number of nitrogens with zero attached hydrogens (tertiary/aromatic N) is 1. The van der Waals surface area contributed by atoms with E-state index in [0.717, 1.165) is 0 Å². The van der Waals surface area contributed by atoms with Crippen LogP contribution in [0.25, 0.3) is 5.69 Å². The highest BCUT2D eigenvalue weighted by Gasteiger charge is 2.20. The van der Waals surface area contributed by atoms with E-state index in [1.807, 2.05) is 0 Å². The first-order valence-corrected chi connectivity index (χ1v) is 6.23. The highest BCUT2D eigenvalue weighted by molar-refractivity contribution is 6.49. The third kappa shape index (κ3) is 2.39. The third-order valence-corrected chi connectivity index (χ3v) is 3.78. The number of aromatic nitrogens is 1. The molecule has 100 valence electrons. The van der Waals surface area contributed by atoms with Crippen LogP contribution in [0, 0.1) is 0 Å². The second-order valence-electron chi connectivity index (χ2n) is 3.61. The Morgan fingerprint density at radius 2 is 2.00 bits per heavy atom. The van der Waals surface area contributed by atoms with Gasteiger partial charge in [-0.3, -0.25) is 0 Å². The summed E-state index contributed by atoms with van der Waals surface area (Å²) in [5, 5.41) is 9.64. The fourth-order valence-corrected chi connectivity index (χ4v) is 2.37. The number of aromatic carboxylic acids is 1. The Morgan fingerprint density at radius 3 is 2.58 bits per heavy atom. The van der Waals surface area contributed by atoms with Gasteiger partial charge in [0, 0.05) is 12.3 Å². The van der Waals surface area contributed by atoms with Crippen molar-refractivity contribution in [3.8, 4) is 11.4 Å². The Morgan fingerprint density at radius 1 is 1.32 bits per heavy atom. The van der Waals surface area contributed by atoms with Gasteiger partial charge in [-0.05, 0) is 12.1 Å². The van der Waals surface area contributed by atoms with Crippen molar-refractivity contribution >= 4 is 40.8 Å². The predicted molar refractivity (Wildman–Crippen MR) is 74.3 cm³/mol. The predicted octanol–water partition coefficient (Wildman–Crippen LogP) is 4.14. The standard InChI is InChI=1S/C12H8Cl3NO3/c1-19-8-5-6(13)9(14)10(15)11(8)16-4-2-3-7(16)12(17)18/h2-5H,1H3,(H,17,18). The smallest absolute Gasteiger partial charge is 0.352 e. The van der Waals surface area contributed by atoms with Gasteiger partial charge in [-0.15, -0.1) is 0 Å². The van der Waals surface area contributed by atoms with E-state index < -0.39 is 5.97 Å². The zero-order chi connectivity index (χ0) is 14.2. The SMILES string of the molecule is COc1cc(Cl)c(Cl)c(Cl)c1-n1cccc1C(=O)O. The van der Waals surface area contributed by atoms with Crippen LogP contribution in [0.2, 0.25) is 15.1 Å². The molecule has 0 bridgehead atoms. The summed E-state index contributed by atoms with van der Waals surface area (Å²) in [5.41, 5.74) is 0.375. The van der Waals surface area contributed by atoms with Gasteiger partial charge in [-0.2, -0.15) is 0 Å². The number of benzene rings is 1. The summed E-state index contributed by atoms with van der Waals surface area (Å²) >= 11 is 18.0. The minimum atomic E-state index is -1.09. The second-order valence-corrected chi connectivity index (χ2v) is 4.77. The van der Waals surface area contributed by atoms with E-state index in [1.165, 1.54) is 23.8 Å². The summed E-state index contributed by atoms with van der Waals surface area (Å²) in [6, 6.07) is 4.51. The molecule has 0 aliphatic rings. The molecule has 19 heavy (non-hydrogen) atoms. The summed E-state index contributed by atoms with van der Waals surface area (Å²) < 4.78 is 6.56. The first-order chi connectivity index (χ1) is 8.97. The molecule has 0 atom stereocenters. The van der Waals surface area contributed by atoms with Crippen LogP contribution in [0.5, 0.6) is 5.75 Å². The minimum absolute atomic E-state index is 0.0404. The van der Waals surface area contributed by atoms with Gasteiger partial charge < -0.3 is 14.4 Å². The Hall–Kier alpha value is -1.36. The normalized spacial score (nSPS) is 10.5. The van der Waals surface area contributed by atoms with Gasteiger partial charge in [0.15, 0.2) is 0 Å². The van der Waals surface area contributed by atoms with Crippen LogP contribution in [0.1, 0.15) is 10.5 Å². The lowest BCUT2D eigenvalue weighted by molar-refractivity contribution is 0.0688. The van der Waals surface area contributed by atoms with Crippen molar-refractivity contribution in [1.82, 2.24) is 4.57 Å². The van der Waals surface area contributed by atoms with Crippen LogP contribution in [-0.2, 0) is 0 Å². The molecular weight excluding hydrogens is 312 g/mol. The number of methoxy groups -OCH3 is 1. The average Bonchev–Trinajstić information content (AvgIpc) is 2.84.